The van der Waals surface area contributed by atoms with Gasteiger partial charge in [-0.25, -0.2) is 0 Å². The summed E-state index contributed by atoms with van der Waals surface area (Å²) in [4.78, 5) is 0. The summed E-state index contributed by atoms with van der Waals surface area (Å²) in [5.41, 5.74) is 0. The summed E-state index contributed by atoms with van der Waals surface area (Å²) in [6.07, 6.45) is 6.73. The fraction of sp³-hybridized carbons (Fsp3) is 0.875. The minimum Gasteiger partial charge on any atom is -0.0654 e. The van der Waals surface area contributed by atoms with Crippen LogP contribution in [0.25, 0.3) is 0 Å². The standard InChI is InChI=1S/C8H16OS/c1-3-5-6-7-8(4-2)10-9/h4,8H,3,5-7H2,1-2H3/q+1. The maximum absolute atomic E-state index is 10.3. The van der Waals surface area contributed by atoms with Crippen LogP contribution in [0.1, 0.15) is 39.5 Å². The van der Waals surface area contributed by atoms with Crippen molar-refractivity contribution in [3.63, 3.8) is 0 Å². The van der Waals surface area contributed by atoms with E-state index in [0.717, 1.165) is 6.42 Å². The van der Waals surface area contributed by atoms with Gasteiger partial charge in [0.1, 0.15) is 0 Å². The van der Waals surface area contributed by atoms with Crippen molar-refractivity contribution < 1.29 is 4.21 Å². The molecule has 1 atom stereocenters. The summed E-state index contributed by atoms with van der Waals surface area (Å²) >= 11 is 0.715. The third kappa shape index (κ3) is 4.86. The van der Waals surface area contributed by atoms with Gasteiger partial charge in [0.05, 0.1) is 0 Å². The Morgan fingerprint density at radius 3 is 2.60 bits per heavy atom. The lowest BCUT2D eigenvalue weighted by Crippen LogP contribution is -2.03. The summed E-state index contributed by atoms with van der Waals surface area (Å²) in [6, 6.07) is 0. The second kappa shape index (κ2) is 7.13. The Kier molecular flexibility index (Phi) is 7.15. The number of unbranched alkanes of at least 4 members (excludes halogenated alkanes) is 2. The van der Waals surface area contributed by atoms with Crippen molar-refractivity contribution in [2.75, 3.05) is 0 Å². The van der Waals surface area contributed by atoms with E-state index in [2.05, 4.69) is 6.92 Å². The summed E-state index contributed by atoms with van der Waals surface area (Å²) < 4.78 is 10.3. The summed E-state index contributed by atoms with van der Waals surface area (Å²) in [7, 11) is 0. The predicted octanol–water partition coefficient (Wildman–Crippen LogP) is 2.59. The molecule has 0 aromatic carbocycles. The van der Waals surface area contributed by atoms with Crippen LogP contribution in [-0.2, 0) is 15.9 Å². The van der Waals surface area contributed by atoms with Gasteiger partial charge >= 0.3 is 11.7 Å². The molecule has 0 aromatic heterocycles. The molecule has 0 N–H and O–H groups in total. The zero-order valence-corrected chi connectivity index (χ0v) is 7.62. The molecule has 0 bridgehead atoms. The van der Waals surface area contributed by atoms with Crippen LogP contribution in [0.3, 0.4) is 0 Å². The van der Waals surface area contributed by atoms with Crippen LogP contribution in [0.4, 0.5) is 0 Å². The van der Waals surface area contributed by atoms with Gasteiger partial charge in [-0.1, -0.05) is 26.7 Å². The first-order valence-electron chi connectivity index (χ1n) is 3.93. The smallest absolute Gasteiger partial charge is 0.0654 e. The molecule has 0 spiro atoms. The molecular formula is C8H16OS+. The zero-order chi connectivity index (χ0) is 7.82. The zero-order valence-electron chi connectivity index (χ0n) is 6.80. The highest BCUT2D eigenvalue weighted by Gasteiger charge is 2.17. The highest BCUT2D eigenvalue weighted by Crippen LogP contribution is 2.06. The van der Waals surface area contributed by atoms with Gasteiger partial charge in [0, 0.05) is 17.1 Å². The van der Waals surface area contributed by atoms with Crippen LogP contribution in [0.2, 0.25) is 0 Å². The highest BCUT2D eigenvalue weighted by molar-refractivity contribution is 7.66. The van der Waals surface area contributed by atoms with Gasteiger partial charge < -0.3 is 0 Å². The van der Waals surface area contributed by atoms with Crippen molar-refractivity contribution in [3.05, 3.63) is 6.42 Å². The minimum atomic E-state index is 0.242. The Balaban J connectivity index is 3.17. The maximum Gasteiger partial charge on any atom is 0.462 e. The largest absolute Gasteiger partial charge is 0.462 e. The van der Waals surface area contributed by atoms with E-state index in [1.165, 1.54) is 19.3 Å². The first kappa shape index (κ1) is 10.0. The fourth-order valence-corrected chi connectivity index (χ4v) is 1.24. The van der Waals surface area contributed by atoms with Gasteiger partial charge in [-0.3, -0.25) is 0 Å². The van der Waals surface area contributed by atoms with E-state index in [4.69, 9.17) is 0 Å². The van der Waals surface area contributed by atoms with E-state index in [-0.39, 0.29) is 5.25 Å². The Morgan fingerprint density at radius 1 is 1.50 bits per heavy atom. The summed E-state index contributed by atoms with van der Waals surface area (Å²) in [5, 5.41) is 0.242. The van der Waals surface area contributed by atoms with Gasteiger partial charge in [0.25, 0.3) is 0 Å². The normalized spacial score (nSPS) is 13.0. The van der Waals surface area contributed by atoms with Gasteiger partial charge in [0.2, 0.25) is 5.25 Å². The molecule has 0 amide bonds. The number of rotatable bonds is 6. The second-order valence-corrected chi connectivity index (χ2v) is 3.26. The Labute approximate surface area is 67.7 Å². The Bertz CT molecular complexity index is 83.3. The minimum absolute atomic E-state index is 0.242. The van der Waals surface area contributed by atoms with Gasteiger partial charge in [0.15, 0.2) is 0 Å². The topological polar surface area (TPSA) is 17.1 Å². The molecule has 0 aliphatic rings. The molecule has 0 aliphatic carbocycles. The van der Waals surface area contributed by atoms with E-state index in [1.807, 2.05) is 13.3 Å². The van der Waals surface area contributed by atoms with Crippen molar-refractivity contribution >= 4 is 11.7 Å². The second-order valence-electron chi connectivity index (χ2n) is 2.46. The van der Waals surface area contributed by atoms with Crippen molar-refractivity contribution in [2.24, 2.45) is 0 Å². The molecule has 1 unspecified atom stereocenters. The average Bonchev–Trinajstić information content (AvgIpc) is 1.99. The Hall–Kier alpha value is 0.0200. The SMILES string of the molecule is C[CH]C(CCCCC)[S+]=O. The van der Waals surface area contributed by atoms with Gasteiger partial charge in [-0.05, 0) is 6.42 Å². The van der Waals surface area contributed by atoms with Crippen molar-refractivity contribution in [3.8, 4) is 0 Å². The summed E-state index contributed by atoms with van der Waals surface area (Å²) in [6.45, 7) is 4.14. The van der Waals surface area contributed by atoms with E-state index in [9.17, 15) is 4.21 Å². The molecule has 1 radical (unpaired) electrons. The lowest BCUT2D eigenvalue weighted by Gasteiger charge is -1.94. The van der Waals surface area contributed by atoms with Crippen LogP contribution in [0, 0.1) is 6.42 Å². The van der Waals surface area contributed by atoms with E-state index in [0.29, 0.717) is 11.7 Å². The fourth-order valence-electron chi connectivity index (χ4n) is 0.866. The molecule has 0 saturated carbocycles. The molecule has 10 heavy (non-hydrogen) atoms. The molecule has 0 fully saturated rings. The van der Waals surface area contributed by atoms with E-state index in [1.54, 1.807) is 0 Å². The number of hydrogen-bond donors (Lipinski definition) is 0. The first-order chi connectivity index (χ1) is 4.85. The summed E-state index contributed by atoms with van der Waals surface area (Å²) in [5.74, 6) is 0. The first-order valence-corrected chi connectivity index (χ1v) is 4.73. The van der Waals surface area contributed by atoms with Crippen LogP contribution in [0.15, 0.2) is 0 Å². The molecule has 0 rings (SSSR count). The predicted molar refractivity (Wildman–Crippen MR) is 46.0 cm³/mol. The van der Waals surface area contributed by atoms with Crippen molar-refractivity contribution in [1.29, 1.82) is 0 Å². The lowest BCUT2D eigenvalue weighted by atomic mass is 10.1. The van der Waals surface area contributed by atoms with E-state index >= 15 is 0 Å². The third-order valence-electron chi connectivity index (χ3n) is 1.59. The third-order valence-corrected chi connectivity index (χ3v) is 2.34. The quantitative estimate of drug-likeness (QED) is 0.431. The van der Waals surface area contributed by atoms with Crippen molar-refractivity contribution in [2.45, 2.75) is 44.8 Å². The maximum atomic E-state index is 10.3. The molecule has 0 heterocycles. The molecule has 59 valence electrons. The lowest BCUT2D eigenvalue weighted by molar-refractivity contribution is 0.591. The van der Waals surface area contributed by atoms with E-state index < -0.39 is 0 Å². The van der Waals surface area contributed by atoms with Crippen molar-refractivity contribution in [1.82, 2.24) is 0 Å². The van der Waals surface area contributed by atoms with Crippen LogP contribution < -0.4 is 0 Å². The molecule has 1 nitrogen and oxygen atoms in total. The molecule has 0 aromatic rings. The molecule has 0 aliphatic heterocycles. The Morgan fingerprint density at radius 2 is 2.20 bits per heavy atom. The average molecular weight is 160 g/mol. The monoisotopic (exact) mass is 160 g/mol. The molecular weight excluding hydrogens is 144 g/mol. The van der Waals surface area contributed by atoms with Crippen LogP contribution in [-0.4, -0.2) is 5.25 Å². The highest BCUT2D eigenvalue weighted by atomic mass is 32.1. The van der Waals surface area contributed by atoms with Crippen LogP contribution in [0.5, 0.6) is 0 Å². The molecule has 2 heteroatoms. The van der Waals surface area contributed by atoms with Crippen LogP contribution >= 0.6 is 0 Å². The van der Waals surface area contributed by atoms with Gasteiger partial charge in [-0.15, -0.1) is 0 Å². The molecule has 0 saturated heterocycles. The van der Waals surface area contributed by atoms with Gasteiger partial charge in [-0.2, -0.15) is 0 Å². The number of hydrogen-bond acceptors (Lipinski definition) is 1.